The van der Waals surface area contributed by atoms with Crippen LogP contribution < -0.4 is 5.73 Å². The zero-order chi connectivity index (χ0) is 24.0. The fourth-order valence-electron chi connectivity index (χ4n) is 5.61. The molecule has 1 aromatic heterocycles. The monoisotopic (exact) mass is 465 g/mol. The second-order valence-corrected chi connectivity index (χ2v) is 10.0. The molecule has 3 saturated heterocycles. The molecule has 1 aromatic rings. The lowest BCUT2D eigenvalue weighted by Crippen LogP contribution is -2.49. The maximum absolute atomic E-state index is 13.2. The first kappa shape index (κ1) is 24.5. The summed E-state index contributed by atoms with van der Waals surface area (Å²) in [6, 6.07) is 3.93. The second-order valence-electron chi connectivity index (χ2n) is 10.0. The van der Waals surface area contributed by atoms with Crippen molar-refractivity contribution in [1.29, 1.82) is 0 Å². The van der Waals surface area contributed by atoms with E-state index >= 15 is 0 Å². The van der Waals surface area contributed by atoms with Crippen molar-refractivity contribution in [1.82, 2.24) is 19.7 Å². The quantitative estimate of drug-likeness (QED) is 0.625. The number of carbonyl (C=O) groups is 2. The van der Waals surface area contributed by atoms with Crippen molar-refractivity contribution in [2.24, 2.45) is 11.3 Å². The maximum Gasteiger partial charge on any atom is 0.229 e. The summed E-state index contributed by atoms with van der Waals surface area (Å²) in [5.41, 5.74) is 6.71. The number of rotatable bonds is 7. The SMILES string of the molecule is CCC=CC=CCN1CCC2(CCN(C(=O)C3CCN(Cc4ccnc(N)c4)CC3)CC2)C1=O. The third-order valence-corrected chi connectivity index (χ3v) is 7.77. The fraction of sp³-hybridized carbons (Fsp3) is 0.593. The standard InChI is InChI=1S/C27H39N5O2/c1-2-3-4-5-6-14-32-19-12-27(26(32)34)10-17-31(18-11-27)25(33)23-8-15-30(16-9-23)21-22-7-13-29-24(28)20-22/h3-7,13,20,23H,2,8-12,14-19,21H2,1H3,(H2,28,29). The Morgan fingerprint density at radius 2 is 1.82 bits per heavy atom. The largest absolute Gasteiger partial charge is 0.384 e. The second kappa shape index (κ2) is 11.2. The molecule has 1 spiro atoms. The van der Waals surface area contributed by atoms with Gasteiger partial charge in [-0.2, -0.15) is 0 Å². The number of nitrogens with zero attached hydrogens (tertiary/aromatic N) is 4. The van der Waals surface area contributed by atoms with Gasteiger partial charge in [-0.1, -0.05) is 31.2 Å². The van der Waals surface area contributed by atoms with Gasteiger partial charge < -0.3 is 15.5 Å². The number of nitrogen functional groups attached to an aromatic ring is 1. The van der Waals surface area contributed by atoms with Crippen molar-refractivity contribution in [3.8, 4) is 0 Å². The average Bonchev–Trinajstić information content (AvgIpc) is 3.14. The lowest BCUT2D eigenvalue weighted by Gasteiger charge is -2.40. The number of piperidine rings is 2. The van der Waals surface area contributed by atoms with Gasteiger partial charge in [-0.05, 0) is 69.3 Å². The number of hydrogen-bond donors (Lipinski definition) is 1. The number of likely N-dealkylation sites (tertiary alicyclic amines) is 3. The van der Waals surface area contributed by atoms with Crippen LogP contribution in [-0.4, -0.2) is 70.8 Å². The van der Waals surface area contributed by atoms with E-state index in [0.29, 0.717) is 25.5 Å². The molecule has 3 aliphatic rings. The molecule has 0 aliphatic carbocycles. The molecule has 4 rings (SSSR count). The first-order valence-electron chi connectivity index (χ1n) is 12.8. The molecule has 3 aliphatic heterocycles. The van der Waals surface area contributed by atoms with Gasteiger partial charge in [0.05, 0.1) is 5.41 Å². The van der Waals surface area contributed by atoms with E-state index in [9.17, 15) is 9.59 Å². The summed E-state index contributed by atoms with van der Waals surface area (Å²) in [5.74, 6) is 1.23. The molecular formula is C27H39N5O2. The van der Waals surface area contributed by atoms with E-state index < -0.39 is 0 Å². The molecule has 2 N–H and O–H groups in total. The highest BCUT2D eigenvalue weighted by atomic mass is 16.2. The van der Waals surface area contributed by atoms with Crippen molar-refractivity contribution in [2.45, 2.75) is 52.0 Å². The third kappa shape index (κ3) is 5.69. The lowest BCUT2D eigenvalue weighted by atomic mass is 9.76. The van der Waals surface area contributed by atoms with Crippen LogP contribution in [0.2, 0.25) is 0 Å². The fourth-order valence-corrected chi connectivity index (χ4v) is 5.61. The van der Waals surface area contributed by atoms with Gasteiger partial charge in [0.2, 0.25) is 11.8 Å². The Morgan fingerprint density at radius 3 is 2.53 bits per heavy atom. The number of aromatic nitrogens is 1. The summed E-state index contributed by atoms with van der Waals surface area (Å²) in [6.45, 7) is 7.74. The van der Waals surface area contributed by atoms with E-state index in [1.54, 1.807) is 6.20 Å². The molecule has 0 unspecified atom stereocenters. The first-order chi connectivity index (χ1) is 16.5. The van der Waals surface area contributed by atoms with E-state index in [2.05, 4.69) is 29.0 Å². The predicted octanol–water partition coefficient (Wildman–Crippen LogP) is 3.24. The molecule has 7 heteroatoms. The Kier molecular flexibility index (Phi) is 8.03. The number of nitrogens with two attached hydrogens (primary N) is 1. The van der Waals surface area contributed by atoms with Gasteiger partial charge in [0.25, 0.3) is 0 Å². The van der Waals surface area contributed by atoms with Crippen molar-refractivity contribution in [3.63, 3.8) is 0 Å². The van der Waals surface area contributed by atoms with Gasteiger partial charge in [-0.25, -0.2) is 4.98 Å². The molecule has 4 heterocycles. The van der Waals surface area contributed by atoms with Crippen LogP contribution in [0.15, 0.2) is 42.6 Å². The zero-order valence-electron chi connectivity index (χ0n) is 20.5. The topological polar surface area (TPSA) is 82.8 Å². The summed E-state index contributed by atoms with van der Waals surface area (Å²) < 4.78 is 0. The molecule has 0 atom stereocenters. The van der Waals surface area contributed by atoms with Crippen molar-refractivity contribution in [2.75, 3.05) is 45.0 Å². The number of pyridine rings is 1. The van der Waals surface area contributed by atoms with Crippen molar-refractivity contribution in [3.05, 3.63) is 48.2 Å². The highest BCUT2D eigenvalue weighted by molar-refractivity contribution is 5.86. The van der Waals surface area contributed by atoms with Crippen LogP contribution in [0.25, 0.3) is 0 Å². The average molecular weight is 466 g/mol. The number of hydrogen-bond acceptors (Lipinski definition) is 5. The smallest absolute Gasteiger partial charge is 0.229 e. The number of allylic oxidation sites excluding steroid dienone is 3. The van der Waals surface area contributed by atoms with Gasteiger partial charge in [0.1, 0.15) is 5.82 Å². The number of anilines is 1. The van der Waals surface area contributed by atoms with E-state index in [4.69, 9.17) is 5.73 Å². The normalized spacial score (nSPS) is 22.0. The van der Waals surface area contributed by atoms with Crippen molar-refractivity contribution >= 4 is 17.6 Å². The molecule has 0 saturated carbocycles. The van der Waals surface area contributed by atoms with Crippen LogP contribution >= 0.6 is 0 Å². The van der Waals surface area contributed by atoms with Gasteiger partial charge >= 0.3 is 0 Å². The highest BCUT2D eigenvalue weighted by Crippen LogP contribution is 2.42. The van der Waals surface area contributed by atoms with Gasteiger partial charge in [-0.3, -0.25) is 14.5 Å². The summed E-state index contributed by atoms with van der Waals surface area (Å²) in [6.07, 6.45) is 15.3. The lowest BCUT2D eigenvalue weighted by molar-refractivity contribution is -0.145. The minimum atomic E-state index is -0.250. The number of amides is 2. The number of carbonyl (C=O) groups excluding carboxylic acids is 2. The van der Waals surface area contributed by atoms with E-state index in [1.807, 2.05) is 34.1 Å². The predicted molar refractivity (Wildman–Crippen MR) is 135 cm³/mol. The van der Waals surface area contributed by atoms with Gasteiger partial charge in [0.15, 0.2) is 0 Å². The molecular weight excluding hydrogens is 426 g/mol. The van der Waals surface area contributed by atoms with Gasteiger partial charge in [0, 0.05) is 44.8 Å². The Balaban J connectivity index is 1.22. The molecule has 184 valence electrons. The summed E-state index contributed by atoms with van der Waals surface area (Å²) in [5, 5.41) is 0. The third-order valence-electron chi connectivity index (χ3n) is 7.77. The Morgan fingerprint density at radius 1 is 1.12 bits per heavy atom. The Bertz CT molecular complexity index is 911. The molecule has 7 nitrogen and oxygen atoms in total. The molecule has 0 aromatic carbocycles. The Labute approximate surface area is 203 Å². The summed E-state index contributed by atoms with van der Waals surface area (Å²) in [4.78, 5) is 36.8. The highest BCUT2D eigenvalue weighted by Gasteiger charge is 2.48. The molecule has 0 bridgehead atoms. The van der Waals surface area contributed by atoms with Crippen molar-refractivity contribution < 1.29 is 9.59 Å². The van der Waals surface area contributed by atoms with E-state index in [1.165, 1.54) is 5.56 Å². The summed E-state index contributed by atoms with van der Waals surface area (Å²) >= 11 is 0. The zero-order valence-corrected chi connectivity index (χ0v) is 20.5. The first-order valence-corrected chi connectivity index (χ1v) is 12.8. The van der Waals surface area contributed by atoms with Crippen LogP contribution in [0.4, 0.5) is 5.82 Å². The molecule has 34 heavy (non-hydrogen) atoms. The Hall–Kier alpha value is -2.67. The van der Waals surface area contributed by atoms with Crippen LogP contribution in [0.1, 0.15) is 51.0 Å². The molecule has 2 amide bonds. The van der Waals surface area contributed by atoms with E-state index in [-0.39, 0.29) is 23.1 Å². The van der Waals surface area contributed by atoms with Gasteiger partial charge in [-0.15, -0.1) is 0 Å². The maximum atomic E-state index is 13.2. The van der Waals surface area contributed by atoms with Crippen LogP contribution in [0.5, 0.6) is 0 Å². The van der Waals surface area contributed by atoms with Crippen LogP contribution in [0.3, 0.4) is 0 Å². The molecule has 3 fully saturated rings. The van der Waals surface area contributed by atoms with Crippen LogP contribution in [0, 0.1) is 11.3 Å². The minimum Gasteiger partial charge on any atom is -0.384 e. The van der Waals surface area contributed by atoms with Crippen LogP contribution in [-0.2, 0) is 16.1 Å². The molecule has 0 radical (unpaired) electrons. The van der Waals surface area contributed by atoms with E-state index in [0.717, 1.165) is 64.7 Å². The summed E-state index contributed by atoms with van der Waals surface area (Å²) in [7, 11) is 0. The minimum absolute atomic E-state index is 0.102.